The van der Waals surface area contributed by atoms with Crippen molar-refractivity contribution in [3.63, 3.8) is 0 Å². The molecule has 2 aromatic heterocycles. The van der Waals surface area contributed by atoms with Crippen molar-refractivity contribution in [2.45, 2.75) is 50.9 Å². The Morgan fingerprint density at radius 2 is 1.91 bits per heavy atom. The number of imidazole rings is 1. The second-order valence-corrected chi connectivity index (χ2v) is 8.86. The smallest absolute Gasteiger partial charge is 0.370 e. The summed E-state index contributed by atoms with van der Waals surface area (Å²) in [5, 5.41) is 4.26. The van der Waals surface area contributed by atoms with E-state index in [1.807, 2.05) is 11.8 Å². The molecule has 0 saturated carbocycles. The second kappa shape index (κ2) is 8.16. The first kappa shape index (κ1) is 21.9. The van der Waals surface area contributed by atoms with Crippen LogP contribution in [0.4, 0.5) is 13.2 Å². The number of carbonyl (C=O) groups excluding carboxylic acids is 1. The van der Waals surface area contributed by atoms with E-state index < -0.39 is 11.7 Å². The Hall–Kier alpha value is -2.88. The number of piperidine rings is 1. The molecule has 5 rings (SSSR count). The van der Waals surface area contributed by atoms with Gasteiger partial charge in [-0.25, -0.2) is 4.98 Å². The molecule has 33 heavy (non-hydrogen) atoms. The largest absolute Gasteiger partial charge is 0.416 e. The number of aryl methyl sites for hydroxylation is 2. The van der Waals surface area contributed by atoms with Crippen molar-refractivity contribution < 1.29 is 22.7 Å². The molecule has 2 aliphatic rings. The van der Waals surface area contributed by atoms with Gasteiger partial charge in [0.15, 0.2) is 0 Å². The highest BCUT2D eigenvalue weighted by molar-refractivity contribution is 5.92. The molecule has 3 aromatic rings. The van der Waals surface area contributed by atoms with Gasteiger partial charge in [0.1, 0.15) is 17.6 Å². The van der Waals surface area contributed by atoms with Crippen LogP contribution in [0.3, 0.4) is 0 Å². The molecule has 4 heterocycles. The molecule has 176 valence electrons. The number of rotatable bonds is 3. The molecule has 1 amide bonds. The average Bonchev–Trinajstić information content (AvgIpc) is 3.50. The fourth-order valence-electron chi connectivity index (χ4n) is 4.99. The van der Waals surface area contributed by atoms with E-state index >= 15 is 0 Å². The van der Waals surface area contributed by atoms with Crippen LogP contribution in [-0.4, -0.2) is 49.8 Å². The Balaban J connectivity index is 1.43. The number of fused-ring (bicyclic) bond motifs is 1. The Bertz CT molecular complexity index is 1180. The van der Waals surface area contributed by atoms with Crippen molar-refractivity contribution in [2.24, 2.45) is 7.05 Å². The summed E-state index contributed by atoms with van der Waals surface area (Å²) in [5.74, 6) is 0.634. The Kier molecular flexibility index (Phi) is 5.43. The number of ether oxygens (including phenoxy) is 1. The minimum Gasteiger partial charge on any atom is -0.370 e. The topological polar surface area (TPSA) is 65.2 Å². The van der Waals surface area contributed by atoms with E-state index in [0.717, 1.165) is 30.7 Å². The number of halogens is 3. The van der Waals surface area contributed by atoms with E-state index in [0.29, 0.717) is 55.1 Å². The molecule has 7 nitrogen and oxygen atoms in total. The third-order valence-electron chi connectivity index (χ3n) is 6.60. The number of aromatic nitrogens is 4. The molecule has 1 aromatic carbocycles. The van der Waals surface area contributed by atoms with E-state index in [4.69, 9.17) is 4.74 Å². The standard InChI is InChI=1S/C23H26F3N5O2/c1-14-12-19(29(2)28-14)22(32)30-9-7-16(8-10-30)31-18-6-5-15(23(24,25)26)13-17(18)27-21(31)20-4-3-11-33-20/h5-6,12-13,16,20H,3-4,7-11H2,1-2H3/t20-/m1/s1. The number of benzene rings is 1. The van der Waals surface area contributed by atoms with Crippen LogP contribution in [0.25, 0.3) is 11.0 Å². The van der Waals surface area contributed by atoms with Crippen molar-refractivity contribution in [1.82, 2.24) is 24.2 Å². The van der Waals surface area contributed by atoms with Crippen molar-refractivity contribution in [3.05, 3.63) is 47.0 Å². The molecule has 0 unspecified atom stereocenters. The van der Waals surface area contributed by atoms with Crippen molar-refractivity contribution in [1.29, 1.82) is 0 Å². The highest BCUT2D eigenvalue weighted by atomic mass is 19.4. The highest BCUT2D eigenvalue weighted by Gasteiger charge is 2.34. The Morgan fingerprint density at radius 3 is 2.52 bits per heavy atom. The zero-order valence-corrected chi connectivity index (χ0v) is 18.6. The van der Waals surface area contributed by atoms with Gasteiger partial charge in [0.05, 0.1) is 22.3 Å². The van der Waals surface area contributed by atoms with Crippen LogP contribution >= 0.6 is 0 Å². The first-order valence-corrected chi connectivity index (χ1v) is 11.2. The maximum atomic E-state index is 13.3. The van der Waals surface area contributed by atoms with Gasteiger partial charge in [-0.3, -0.25) is 9.48 Å². The molecule has 2 aliphatic heterocycles. The maximum Gasteiger partial charge on any atom is 0.416 e. The fraction of sp³-hybridized carbons (Fsp3) is 0.522. The normalized spacial score (nSPS) is 20.2. The van der Waals surface area contributed by atoms with Gasteiger partial charge in [-0.2, -0.15) is 18.3 Å². The first-order chi connectivity index (χ1) is 15.7. The SMILES string of the molecule is Cc1cc(C(=O)N2CCC(n3c([C@H]4CCCO4)nc4cc(C(F)(F)F)ccc43)CC2)n(C)n1. The molecule has 0 aliphatic carbocycles. The van der Waals surface area contributed by atoms with Crippen LogP contribution in [0, 0.1) is 6.92 Å². The average molecular weight is 461 g/mol. The molecule has 2 saturated heterocycles. The third-order valence-corrected chi connectivity index (χ3v) is 6.60. The molecule has 0 N–H and O–H groups in total. The minimum absolute atomic E-state index is 0.0308. The number of carbonyl (C=O) groups is 1. The van der Waals surface area contributed by atoms with Crippen molar-refractivity contribution in [3.8, 4) is 0 Å². The van der Waals surface area contributed by atoms with E-state index in [9.17, 15) is 18.0 Å². The monoisotopic (exact) mass is 461 g/mol. The van der Waals surface area contributed by atoms with Crippen LogP contribution < -0.4 is 0 Å². The van der Waals surface area contributed by atoms with Gasteiger partial charge in [0.25, 0.3) is 5.91 Å². The molecule has 0 bridgehead atoms. The predicted octanol–water partition coefficient (Wildman–Crippen LogP) is 4.43. The van der Waals surface area contributed by atoms with Crippen molar-refractivity contribution in [2.75, 3.05) is 19.7 Å². The maximum absolute atomic E-state index is 13.3. The quantitative estimate of drug-likeness (QED) is 0.579. The van der Waals surface area contributed by atoms with Gasteiger partial charge in [-0.05, 0) is 56.9 Å². The predicted molar refractivity (Wildman–Crippen MR) is 115 cm³/mol. The van der Waals surface area contributed by atoms with Gasteiger partial charge in [-0.15, -0.1) is 0 Å². The summed E-state index contributed by atoms with van der Waals surface area (Å²) in [6.07, 6.45) is -1.56. The van der Waals surface area contributed by atoms with Crippen LogP contribution in [-0.2, 0) is 18.0 Å². The number of nitrogens with zero attached hydrogens (tertiary/aromatic N) is 5. The Labute approximate surface area is 189 Å². The number of hydrogen-bond acceptors (Lipinski definition) is 4. The molecule has 2 fully saturated rings. The number of amides is 1. The molecular formula is C23H26F3N5O2. The molecule has 0 spiro atoms. The second-order valence-electron chi connectivity index (χ2n) is 8.86. The molecule has 10 heteroatoms. The summed E-state index contributed by atoms with van der Waals surface area (Å²) < 4.78 is 49.3. The van der Waals surface area contributed by atoms with Crippen LogP contribution in [0.1, 0.15) is 65.4 Å². The van der Waals surface area contributed by atoms with Crippen LogP contribution in [0.15, 0.2) is 24.3 Å². The zero-order chi connectivity index (χ0) is 23.3. The number of likely N-dealkylation sites (tertiary alicyclic amines) is 1. The van der Waals surface area contributed by atoms with Crippen molar-refractivity contribution >= 4 is 16.9 Å². The molecule has 1 atom stereocenters. The van der Waals surface area contributed by atoms with E-state index in [1.54, 1.807) is 17.8 Å². The van der Waals surface area contributed by atoms with E-state index in [1.165, 1.54) is 6.07 Å². The van der Waals surface area contributed by atoms with Gasteiger partial charge in [0.2, 0.25) is 0 Å². The number of hydrogen-bond donors (Lipinski definition) is 0. The lowest BCUT2D eigenvalue weighted by Gasteiger charge is -2.34. The number of alkyl halides is 3. The lowest BCUT2D eigenvalue weighted by atomic mass is 10.0. The molecular weight excluding hydrogens is 435 g/mol. The summed E-state index contributed by atoms with van der Waals surface area (Å²) in [6, 6.07) is 5.56. The highest BCUT2D eigenvalue weighted by Crippen LogP contribution is 2.38. The third kappa shape index (κ3) is 4.01. The zero-order valence-electron chi connectivity index (χ0n) is 18.6. The summed E-state index contributed by atoms with van der Waals surface area (Å²) in [4.78, 5) is 19.4. The molecule has 0 radical (unpaired) electrons. The van der Waals surface area contributed by atoms with Crippen LogP contribution in [0.5, 0.6) is 0 Å². The Morgan fingerprint density at radius 1 is 1.15 bits per heavy atom. The minimum atomic E-state index is -4.42. The van der Waals surface area contributed by atoms with Gasteiger partial charge < -0.3 is 14.2 Å². The van der Waals surface area contributed by atoms with Gasteiger partial charge in [0, 0.05) is 32.8 Å². The lowest BCUT2D eigenvalue weighted by molar-refractivity contribution is -0.137. The van der Waals surface area contributed by atoms with Gasteiger partial charge >= 0.3 is 6.18 Å². The van der Waals surface area contributed by atoms with Gasteiger partial charge in [-0.1, -0.05) is 0 Å². The summed E-state index contributed by atoms with van der Waals surface area (Å²) in [6.45, 7) is 3.58. The first-order valence-electron chi connectivity index (χ1n) is 11.2. The summed E-state index contributed by atoms with van der Waals surface area (Å²) >= 11 is 0. The van der Waals surface area contributed by atoms with Crippen LogP contribution in [0.2, 0.25) is 0 Å². The van der Waals surface area contributed by atoms with E-state index in [2.05, 4.69) is 14.6 Å². The lowest BCUT2D eigenvalue weighted by Crippen LogP contribution is -2.40. The summed E-state index contributed by atoms with van der Waals surface area (Å²) in [7, 11) is 1.76. The van der Waals surface area contributed by atoms with E-state index in [-0.39, 0.29) is 18.1 Å². The summed E-state index contributed by atoms with van der Waals surface area (Å²) in [5.41, 5.74) is 1.66. The fourth-order valence-corrected chi connectivity index (χ4v) is 4.99.